The second-order valence-electron chi connectivity index (χ2n) is 5.81. The lowest BCUT2D eigenvalue weighted by Gasteiger charge is -2.37. The summed E-state index contributed by atoms with van der Waals surface area (Å²) in [6.45, 7) is 2.99. The average Bonchev–Trinajstić information content (AvgIpc) is 3.02. The predicted molar refractivity (Wildman–Crippen MR) is 77.8 cm³/mol. The molecule has 2 aliphatic rings. The summed E-state index contributed by atoms with van der Waals surface area (Å²) in [6, 6.07) is 0.866. The van der Waals surface area contributed by atoms with E-state index in [1.165, 1.54) is 25.7 Å². The van der Waals surface area contributed by atoms with E-state index in [0.29, 0.717) is 25.1 Å². The number of piperazine rings is 1. The summed E-state index contributed by atoms with van der Waals surface area (Å²) in [5, 5.41) is 0. The van der Waals surface area contributed by atoms with E-state index in [-0.39, 0.29) is 5.91 Å². The summed E-state index contributed by atoms with van der Waals surface area (Å²) >= 11 is 0. The Kier molecular flexibility index (Phi) is 4.34. The largest absolute Gasteiger partial charge is 0.467 e. The van der Waals surface area contributed by atoms with Crippen LogP contribution in [0.15, 0.2) is 12.4 Å². The van der Waals surface area contributed by atoms with Gasteiger partial charge in [0.1, 0.15) is 0 Å². The zero-order chi connectivity index (χ0) is 14.7. The quantitative estimate of drug-likeness (QED) is 0.830. The number of methoxy groups -OCH3 is 1. The van der Waals surface area contributed by atoms with Gasteiger partial charge in [-0.2, -0.15) is 0 Å². The van der Waals surface area contributed by atoms with E-state index in [1.54, 1.807) is 19.5 Å². The maximum absolute atomic E-state index is 12.3. The highest BCUT2D eigenvalue weighted by atomic mass is 16.5. The van der Waals surface area contributed by atoms with Crippen molar-refractivity contribution in [2.24, 2.45) is 0 Å². The number of nitrogens with zero attached hydrogens (tertiary/aromatic N) is 4. The van der Waals surface area contributed by atoms with Crippen LogP contribution in [-0.2, 0) is 11.3 Å². The van der Waals surface area contributed by atoms with Crippen molar-refractivity contribution in [2.75, 3.05) is 26.7 Å². The molecule has 2 fully saturated rings. The smallest absolute Gasteiger partial charge is 0.316 e. The third-order valence-electron chi connectivity index (χ3n) is 4.37. The SMILES string of the molecule is COc1ncc(CN2CCN(C3CCCC3)C(=O)C2)cn1. The number of hydrogen-bond acceptors (Lipinski definition) is 5. The monoisotopic (exact) mass is 290 g/mol. The number of amides is 1. The standard InChI is InChI=1S/C15H22N4O2/c1-21-15-16-8-12(9-17-15)10-18-6-7-19(14(20)11-18)13-4-2-3-5-13/h8-9,13H,2-7,10-11H2,1H3. The summed E-state index contributed by atoms with van der Waals surface area (Å²) in [7, 11) is 1.55. The van der Waals surface area contributed by atoms with Crippen LogP contribution in [0.25, 0.3) is 0 Å². The third kappa shape index (κ3) is 3.32. The maximum atomic E-state index is 12.3. The second kappa shape index (κ2) is 6.39. The van der Waals surface area contributed by atoms with Gasteiger partial charge in [-0.15, -0.1) is 0 Å². The lowest BCUT2D eigenvalue weighted by molar-refractivity contribution is -0.138. The molecule has 1 aromatic rings. The summed E-state index contributed by atoms with van der Waals surface area (Å²) in [4.78, 5) is 24.8. The van der Waals surface area contributed by atoms with Gasteiger partial charge in [-0.05, 0) is 12.8 Å². The van der Waals surface area contributed by atoms with Crippen LogP contribution in [0, 0.1) is 0 Å². The van der Waals surface area contributed by atoms with Crippen molar-refractivity contribution in [3.05, 3.63) is 18.0 Å². The third-order valence-corrected chi connectivity index (χ3v) is 4.37. The van der Waals surface area contributed by atoms with E-state index < -0.39 is 0 Å². The molecule has 1 aliphatic carbocycles. The Morgan fingerprint density at radius 2 is 1.95 bits per heavy atom. The molecule has 1 amide bonds. The lowest BCUT2D eigenvalue weighted by Crippen LogP contribution is -2.53. The highest BCUT2D eigenvalue weighted by molar-refractivity contribution is 5.79. The average molecular weight is 290 g/mol. The molecule has 1 aliphatic heterocycles. The fourth-order valence-electron chi connectivity index (χ4n) is 3.26. The number of carbonyl (C=O) groups excluding carboxylic acids is 1. The molecule has 0 bridgehead atoms. The zero-order valence-electron chi connectivity index (χ0n) is 12.5. The molecule has 114 valence electrons. The molecule has 2 heterocycles. The fraction of sp³-hybridized carbons (Fsp3) is 0.667. The van der Waals surface area contributed by atoms with Gasteiger partial charge < -0.3 is 9.64 Å². The normalized spacial score (nSPS) is 21.0. The molecule has 1 saturated heterocycles. The van der Waals surface area contributed by atoms with Crippen LogP contribution >= 0.6 is 0 Å². The Balaban J connectivity index is 1.55. The number of carbonyl (C=O) groups is 1. The molecular weight excluding hydrogens is 268 g/mol. The van der Waals surface area contributed by atoms with Gasteiger partial charge in [0.2, 0.25) is 5.91 Å². The van der Waals surface area contributed by atoms with E-state index in [0.717, 1.165) is 18.7 Å². The molecule has 21 heavy (non-hydrogen) atoms. The van der Waals surface area contributed by atoms with Gasteiger partial charge in [-0.3, -0.25) is 9.69 Å². The number of aromatic nitrogens is 2. The maximum Gasteiger partial charge on any atom is 0.316 e. The Morgan fingerprint density at radius 1 is 1.24 bits per heavy atom. The molecule has 0 spiro atoms. The first-order valence-electron chi connectivity index (χ1n) is 7.63. The van der Waals surface area contributed by atoms with Crippen LogP contribution in [-0.4, -0.2) is 58.5 Å². The first kappa shape index (κ1) is 14.3. The number of hydrogen-bond donors (Lipinski definition) is 0. The molecule has 6 nitrogen and oxygen atoms in total. The van der Waals surface area contributed by atoms with E-state index in [9.17, 15) is 4.79 Å². The Labute approximate surface area is 125 Å². The minimum absolute atomic E-state index is 0.266. The first-order chi connectivity index (χ1) is 10.3. The van der Waals surface area contributed by atoms with Crippen molar-refractivity contribution in [2.45, 2.75) is 38.3 Å². The lowest BCUT2D eigenvalue weighted by atomic mass is 10.1. The van der Waals surface area contributed by atoms with Gasteiger partial charge >= 0.3 is 6.01 Å². The molecule has 0 aromatic carbocycles. The topological polar surface area (TPSA) is 58.6 Å². The van der Waals surface area contributed by atoms with E-state index in [2.05, 4.69) is 19.8 Å². The molecule has 0 atom stereocenters. The summed E-state index contributed by atoms with van der Waals surface area (Å²) < 4.78 is 4.95. The first-order valence-corrected chi connectivity index (χ1v) is 7.63. The van der Waals surface area contributed by atoms with Crippen molar-refractivity contribution in [1.29, 1.82) is 0 Å². The highest BCUT2D eigenvalue weighted by Gasteiger charge is 2.31. The summed E-state index contributed by atoms with van der Waals surface area (Å²) in [6.07, 6.45) is 8.41. The van der Waals surface area contributed by atoms with Crippen LogP contribution < -0.4 is 4.74 Å². The molecule has 6 heteroatoms. The van der Waals surface area contributed by atoms with E-state index in [1.807, 2.05) is 0 Å². The van der Waals surface area contributed by atoms with Crippen molar-refractivity contribution in [3.8, 4) is 6.01 Å². The fourth-order valence-corrected chi connectivity index (χ4v) is 3.26. The van der Waals surface area contributed by atoms with Gasteiger partial charge in [0.25, 0.3) is 0 Å². The van der Waals surface area contributed by atoms with Crippen LogP contribution in [0.3, 0.4) is 0 Å². The second-order valence-corrected chi connectivity index (χ2v) is 5.81. The van der Waals surface area contributed by atoms with Gasteiger partial charge in [-0.1, -0.05) is 12.8 Å². The van der Waals surface area contributed by atoms with Gasteiger partial charge in [0.15, 0.2) is 0 Å². The van der Waals surface area contributed by atoms with Crippen LogP contribution in [0.2, 0.25) is 0 Å². The molecule has 1 aromatic heterocycles. The van der Waals surface area contributed by atoms with Gasteiger partial charge in [0.05, 0.1) is 13.7 Å². The number of ether oxygens (including phenoxy) is 1. The summed E-state index contributed by atoms with van der Waals surface area (Å²) in [5.74, 6) is 0.266. The highest BCUT2D eigenvalue weighted by Crippen LogP contribution is 2.25. The van der Waals surface area contributed by atoms with Crippen molar-refractivity contribution >= 4 is 5.91 Å². The molecule has 0 unspecified atom stereocenters. The minimum Gasteiger partial charge on any atom is -0.467 e. The van der Waals surface area contributed by atoms with E-state index >= 15 is 0 Å². The van der Waals surface area contributed by atoms with E-state index in [4.69, 9.17) is 4.74 Å². The van der Waals surface area contributed by atoms with Crippen LogP contribution in [0.4, 0.5) is 0 Å². The summed E-state index contributed by atoms with van der Waals surface area (Å²) in [5.41, 5.74) is 1.01. The zero-order valence-corrected chi connectivity index (χ0v) is 12.5. The number of rotatable bonds is 4. The predicted octanol–water partition coefficient (Wildman–Crippen LogP) is 1.07. The van der Waals surface area contributed by atoms with Crippen LogP contribution in [0.1, 0.15) is 31.2 Å². The van der Waals surface area contributed by atoms with Crippen molar-refractivity contribution in [3.63, 3.8) is 0 Å². The van der Waals surface area contributed by atoms with Crippen molar-refractivity contribution in [1.82, 2.24) is 19.8 Å². The Morgan fingerprint density at radius 3 is 2.57 bits per heavy atom. The molecule has 1 saturated carbocycles. The Bertz CT molecular complexity index is 485. The van der Waals surface area contributed by atoms with Crippen LogP contribution in [0.5, 0.6) is 6.01 Å². The molecule has 0 radical (unpaired) electrons. The molecule has 3 rings (SSSR count). The minimum atomic E-state index is 0.266. The molecular formula is C15H22N4O2. The Hall–Kier alpha value is -1.69. The molecule has 0 N–H and O–H groups in total. The van der Waals surface area contributed by atoms with Gasteiger partial charge in [-0.25, -0.2) is 9.97 Å². The van der Waals surface area contributed by atoms with Crippen molar-refractivity contribution < 1.29 is 9.53 Å². The van der Waals surface area contributed by atoms with Gasteiger partial charge in [0, 0.05) is 43.6 Å².